The molecule has 0 fully saturated rings. The van der Waals surface area contributed by atoms with E-state index in [0.717, 1.165) is 11.4 Å². The van der Waals surface area contributed by atoms with Crippen molar-refractivity contribution in [1.82, 2.24) is 4.98 Å². The van der Waals surface area contributed by atoms with Gasteiger partial charge in [-0.05, 0) is 26.0 Å². The molecular weight excluding hydrogens is 138 g/mol. The molecule has 0 radical (unpaired) electrons. The first-order valence-corrected chi connectivity index (χ1v) is 3.64. The van der Waals surface area contributed by atoms with Gasteiger partial charge < -0.3 is 10.7 Å². The Balaban J connectivity index is 2.77. The molecule has 1 unspecified atom stereocenters. The topological polar surface area (TPSA) is 54.2 Å². The van der Waals surface area contributed by atoms with Crippen LogP contribution in [-0.4, -0.2) is 16.9 Å². The van der Waals surface area contributed by atoms with Crippen molar-refractivity contribution in [3.05, 3.63) is 24.0 Å². The fourth-order valence-corrected chi connectivity index (χ4v) is 0.930. The van der Waals surface area contributed by atoms with Crippen LogP contribution in [0.3, 0.4) is 0 Å². The molecule has 1 rings (SSSR count). The van der Waals surface area contributed by atoms with Crippen LogP contribution in [0.4, 0.5) is 0 Å². The van der Waals surface area contributed by atoms with Gasteiger partial charge >= 0.3 is 0 Å². The van der Waals surface area contributed by atoms with Crippen molar-refractivity contribution in [2.24, 2.45) is 10.7 Å². The van der Waals surface area contributed by atoms with Crippen LogP contribution in [0.1, 0.15) is 19.5 Å². The molecule has 0 aliphatic heterocycles. The fourth-order valence-electron chi connectivity index (χ4n) is 0.930. The molecule has 11 heavy (non-hydrogen) atoms. The van der Waals surface area contributed by atoms with E-state index < -0.39 is 0 Å². The van der Waals surface area contributed by atoms with E-state index in [1.165, 1.54) is 0 Å². The maximum absolute atomic E-state index is 5.50. The second-order valence-electron chi connectivity index (χ2n) is 2.54. The highest BCUT2D eigenvalue weighted by atomic mass is 14.9. The van der Waals surface area contributed by atoms with Gasteiger partial charge in [0.25, 0.3) is 0 Å². The minimum Gasteiger partial charge on any atom is -0.360 e. The number of nitrogens with two attached hydrogens (primary N) is 1. The summed E-state index contributed by atoms with van der Waals surface area (Å²) in [5.74, 6) is 0. The van der Waals surface area contributed by atoms with Crippen LogP contribution in [0.15, 0.2) is 23.3 Å². The summed E-state index contributed by atoms with van der Waals surface area (Å²) in [6, 6.07) is 3.91. The Kier molecular flexibility index (Phi) is 2.44. The van der Waals surface area contributed by atoms with E-state index in [4.69, 9.17) is 5.73 Å². The molecule has 1 aromatic rings. The normalized spacial score (nSPS) is 15.0. The number of nitrogens with zero attached hydrogens (tertiary/aromatic N) is 1. The lowest BCUT2D eigenvalue weighted by Crippen LogP contribution is -2.14. The lowest BCUT2D eigenvalue weighted by molar-refractivity contribution is 0.791. The molecule has 0 aliphatic carbocycles. The SMILES string of the molecule is C/C(=N/C(C)N)c1ccc[nH]1. The third-order valence-electron chi connectivity index (χ3n) is 1.39. The Morgan fingerprint density at radius 3 is 2.91 bits per heavy atom. The number of H-pyrrole nitrogens is 1. The van der Waals surface area contributed by atoms with Gasteiger partial charge in [0.05, 0.1) is 17.6 Å². The molecule has 0 spiro atoms. The van der Waals surface area contributed by atoms with E-state index in [0.29, 0.717) is 0 Å². The average Bonchev–Trinajstić information content (AvgIpc) is 2.35. The highest BCUT2D eigenvalue weighted by Crippen LogP contribution is 1.97. The Morgan fingerprint density at radius 1 is 1.73 bits per heavy atom. The second-order valence-corrected chi connectivity index (χ2v) is 2.54. The monoisotopic (exact) mass is 151 g/mol. The molecule has 1 atom stereocenters. The molecule has 0 saturated heterocycles. The van der Waals surface area contributed by atoms with Gasteiger partial charge in [0.15, 0.2) is 0 Å². The van der Waals surface area contributed by atoms with Gasteiger partial charge in [-0.15, -0.1) is 0 Å². The van der Waals surface area contributed by atoms with E-state index in [1.54, 1.807) is 0 Å². The third kappa shape index (κ3) is 2.20. The first kappa shape index (κ1) is 8.01. The first-order chi connectivity index (χ1) is 5.20. The van der Waals surface area contributed by atoms with Crippen LogP contribution in [0.25, 0.3) is 0 Å². The zero-order valence-corrected chi connectivity index (χ0v) is 6.83. The van der Waals surface area contributed by atoms with Crippen molar-refractivity contribution < 1.29 is 0 Å². The number of aliphatic imine (C=N–C) groups is 1. The van der Waals surface area contributed by atoms with Crippen molar-refractivity contribution in [2.75, 3.05) is 0 Å². The summed E-state index contributed by atoms with van der Waals surface area (Å²) in [6.45, 7) is 3.79. The number of nitrogens with one attached hydrogen (secondary N) is 1. The van der Waals surface area contributed by atoms with Crippen molar-refractivity contribution in [3.8, 4) is 0 Å². The molecule has 3 nitrogen and oxygen atoms in total. The molecule has 0 bridgehead atoms. The summed E-state index contributed by atoms with van der Waals surface area (Å²) >= 11 is 0. The van der Waals surface area contributed by atoms with Crippen LogP contribution >= 0.6 is 0 Å². The molecule has 60 valence electrons. The minimum atomic E-state index is -0.127. The van der Waals surface area contributed by atoms with Gasteiger partial charge in [0.2, 0.25) is 0 Å². The molecular formula is C8H13N3. The zero-order chi connectivity index (χ0) is 8.27. The number of aromatic nitrogens is 1. The summed E-state index contributed by atoms with van der Waals surface area (Å²) in [6.07, 6.45) is 1.74. The zero-order valence-electron chi connectivity index (χ0n) is 6.83. The number of rotatable bonds is 2. The number of hydrogen-bond acceptors (Lipinski definition) is 2. The van der Waals surface area contributed by atoms with Gasteiger partial charge in [-0.25, -0.2) is 0 Å². The second kappa shape index (κ2) is 3.34. The molecule has 3 heteroatoms. The summed E-state index contributed by atoms with van der Waals surface area (Å²) in [5, 5.41) is 0. The van der Waals surface area contributed by atoms with E-state index in [2.05, 4.69) is 9.98 Å². The number of hydrogen-bond donors (Lipinski definition) is 2. The predicted molar refractivity (Wildman–Crippen MR) is 46.7 cm³/mol. The molecule has 0 saturated carbocycles. The average molecular weight is 151 g/mol. The highest BCUT2D eigenvalue weighted by Gasteiger charge is 1.96. The predicted octanol–water partition coefficient (Wildman–Crippen LogP) is 1.13. The lowest BCUT2D eigenvalue weighted by Gasteiger charge is -1.99. The highest BCUT2D eigenvalue weighted by molar-refractivity contribution is 5.97. The van der Waals surface area contributed by atoms with E-state index >= 15 is 0 Å². The van der Waals surface area contributed by atoms with Gasteiger partial charge in [-0.1, -0.05) is 0 Å². The van der Waals surface area contributed by atoms with Gasteiger partial charge in [0.1, 0.15) is 0 Å². The van der Waals surface area contributed by atoms with E-state index in [-0.39, 0.29) is 6.17 Å². The van der Waals surface area contributed by atoms with E-state index in [1.807, 2.05) is 32.2 Å². The minimum absolute atomic E-state index is 0.127. The molecule has 1 aromatic heterocycles. The Hall–Kier alpha value is -1.09. The van der Waals surface area contributed by atoms with Crippen molar-refractivity contribution >= 4 is 5.71 Å². The maximum atomic E-state index is 5.50. The summed E-state index contributed by atoms with van der Waals surface area (Å²) < 4.78 is 0. The first-order valence-electron chi connectivity index (χ1n) is 3.64. The molecule has 0 aromatic carbocycles. The Bertz CT molecular complexity index is 234. The smallest absolute Gasteiger partial charge is 0.0944 e. The van der Waals surface area contributed by atoms with E-state index in [9.17, 15) is 0 Å². The van der Waals surface area contributed by atoms with Crippen molar-refractivity contribution in [2.45, 2.75) is 20.0 Å². The summed E-state index contributed by atoms with van der Waals surface area (Å²) in [5.41, 5.74) is 7.48. The summed E-state index contributed by atoms with van der Waals surface area (Å²) in [7, 11) is 0. The molecule has 0 amide bonds. The maximum Gasteiger partial charge on any atom is 0.0944 e. The van der Waals surface area contributed by atoms with Crippen LogP contribution in [0.2, 0.25) is 0 Å². The van der Waals surface area contributed by atoms with Crippen molar-refractivity contribution in [3.63, 3.8) is 0 Å². The molecule has 0 aliphatic rings. The quantitative estimate of drug-likeness (QED) is 0.611. The lowest BCUT2D eigenvalue weighted by atomic mass is 10.3. The molecule has 3 N–H and O–H groups in total. The largest absolute Gasteiger partial charge is 0.360 e. The number of aromatic amines is 1. The van der Waals surface area contributed by atoms with Gasteiger partial charge in [-0.3, -0.25) is 4.99 Å². The molecule has 1 heterocycles. The van der Waals surface area contributed by atoms with Crippen molar-refractivity contribution in [1.29, 1.82) is 0 Å². The Labute approximate surface area is 66.3 Å². The van der Waals surface area contributed by atoms with Gasteiger partial charge in [-0.2, -0.15) is 0 Å². The standard InChI is InChI=1S/C8H13N3/c1-6(11-7(2)9)8-4-3-5-10-8/h3-5,7,10H,9H2,1-2H3/b11-6-. The van der Waals surface area contributed by atoms with Crippen LogP contribution < -0.4 is 5.73 Å². The van der Waals surface area contributed by atoms with Crippen LogP contribution in [-0.2, 0) is 0 Å². The Morgan fingerprint density at radius 2 is 2.45 bits per heavy atom. The van der Waals surface area contributed by atoms with Crippen LogP contribution in [0.5, 0.6) is 0 Å². The van der Waals surface area contributed by atoms with Gasteiger partial charge in [0, 0.05) is 6.20 Å². The summed E-state index contributed by atoms with van der Waals surface area (Å²) in [4.78, 5) is 7.24. The van der Waals surface area contributed by atoms with Crippen LogP contribution in [0, 0.1) is 0 Å². The third-order valence-corrected chi connectivity index (χ3v) is 1.39. The fraction of sp³-hybridized carbons (Fsp3) is 0.375.